The van der Waals surface area contributed by atoms with E-state index in [2.05, 4.69) is 202 Å². The van der Waals surface area contributed by atoms with Gasteiger partial charge in [0.2, 0.25) is 23.6 Å². The summed E-state index contributed by atoms with van der Waals surface area (Å²) >= 11 is 0. The number of aryl methyl sites for hydroxylation is 1. The van der Waals surface area contributed by atoms with Gasteiger partial charge in [0.25, 0.3) is 0 Å². The first-order valence-corrected chi connectivity index (χ1v) is 19.3. The first-order valence-electron chi connectivity index (χ1n) is 19.3. The Bertz CT molecular complexity index is 2720. The molecule has 276 valence electrons. The molecule has 0 aliphatic heterocycles. The average Bonchev–Trinajstić information content (AvgIpc) is 3.96. The molecule has 0 spiro atoms. The van der Waals surface area contributed by atoms with Crippen LogP contribution in [0, 0.1) is 6.92 Å². The van der Waals surface area contributed by atoms with Crippen molar-refractivity contribution in [2.45, 2.75) is 65.2 Å². The highest BCUT2D eigenvalue weighted by molar-refractivity contribution is 5.85. The van der Waals surface area contributed by atoms with Crippen LogP contribution in [0.15, 0.2) is 142 Å². The number of fused-ring (bicyclic) bond motifs is 3. The number of benzene rings is 6. The van der Waals surface area contributed by atoms with E-state index < -0.39 is 0 Å². The summed E-state index contributed by atoms with van der Waals surface area (Å²) in [5, 5.41) is 17.8. The monoisotopic (exact) mass is 732 g/mol. The zero-order chi connectivity index (χ0) is 38.8. The first-order chi connectivity index (χ1) is 26.9. The highest BCUT2D eigenvalue weighted by Gasteiger charge is 2.32. The Hall–Kier alpha value is -6.40. The van der Waals surface area contributed by atoms with Crippen LogP contribution in [-0.4, -0.2) is 20.4 Å². The molecule has 1 aliphatic rings. The van der Waals surface area contributed by atoms with Crippen LogP contribution in [0.5, 0.6) is 0 Å². The van der Waals surface area contributed by atoms with Crippen LogP contribution < -0.4 is 0 Å². The molecule has 1 atom stereocenters. The van der Waals surface area contributed by atoms with Crippen molar-refractivity contribution in [3.63, 3.8) is 0 Å². The van der Waals surface area contributed by atoms with Gasteiger partial charge in [-0.15, -0.1) is 20.4 Å². The third kappa shape index (κ3) is 6.35. The van der Waals surface area contributed by atoms with Gasteiger partial charge in [-0.25, -0.2) is 0 Å². The first kappa shape index (κ1) is 35.3. The van der Waals surface area contributed by atoms with Crippen LogP contribution in [0.25, 0.3) is 68.1 Å². The lowest BCUT2D eigenvalue weighted by Crippen LogP contribution is -2.10. The third-order valence-electron chi connectivity index (χ3n) is 11.1. The largest absolute Gasteiger partial charge is 0.416 e. The lowest BCUT2D eigenvalue weighted by atomic mass is 9.83. The van der Waals surface area contributed by atoms with Crippen molar-refractivity contribution >= 4 is 0 Å². The zero-order valence-corrected chi connectivity index (χ0v) is 32.9. The van der Waals surface area contributed by atoms with Gasteiger partial charge in [-0.3, -0.25) is 0 Å². The maximum Gasteiger partial charge on any atom is 0.248 e. The van der Waals surface area contributed by atoms with Crippen molar-refractivity contribution in [2.75, 3.05) is 0 Å². The normalized spacial score (nSPS) is 13.8. The molecule has 0 saturated carbocycles. The Kier molecular flexibility index (Phi) is 8.46. The number of nitrogens with zero attached hydrogens (tertiary/aromatic N) is 4. The van der Waals surface area contributed by atoms with Crippen molar-refractivity contribution in [1.29, 1.82) is 0 Å². The fraction of sp³-hybridized carbons (Fsp3) is 0.200. The van der Waals surface area contributed by atoms with Crippen LogP contribution in [0.1, 0.15) is 80.8 Å². The van der Waals surface area contributed by atoms with Gasteiger partial charge in [0.05, 0.1) is 0 Å². The Morgan fingerprint density at radius 2 is 0.768 bits per heavy atom. The fourth-order valence-electron chi connectivity index (χ4n) is 7.91. The summed E-state index contributed by atoms with van der Waals surface area (Å²) in [4.78, 5) is 0. The summed E-state index contributed by atoms with van der Waals surface area (Å²) in [6, 6.07) is 47.2. The Balaban J connectivity index is 1.05. The molecule has 6 aromatic carbocycles. The van der Waals surface area contributed by atoms with Gasteiger partial charge in [0, 0.05) is 28.2 Å². The van der Waals surface area contributed by atoms with Gasteiger partial charge in [0.1, 0.15) is 0 Å². The van der Waals surface area contributed by atoms with Crippen LogP contribution in [0.4, 0.5) is 0 Å². The van der Waals surface area contributed by atoms with Crippen LogP contribution in [0.3, 0.4) is 0 Å². The van der Waals surface area contributed by atoms with Gasteiger partial charge < -0.3 is 8.83 Å². The molecular weight excluding hydrogens is 689 g/mol. The minimum absolute atomic E-state index is 0.00642. The number of rotatable bonds is 6. The van der Waals surface area contributed by atoms with Crippen molar-refractivity contribution < 1.29 is 8.83 Å². The highest BCUT2D eigenvalue weighted by Crippen LogP contribution is 2.51. The molecule has 6 heteroatoms. The maximum absolute atomic E-state index is 6.32. The Morgan fingerprint density at radius 1 is 0.393 bits per heavy atom. The summed E-state index contributed by atoms with van der Waals surface area (Å²) in [5.41, 5.74) is 15.9. The van der Waals surface area contributed by atoms with Crippen molar-refractivity contribution in [3.8, 4) is 68.1 Å². The molecule has 0 radical (unpaired) electrons. The summed E-state index contributed by atoms with van der Waals surface area (Å²) in [6.45, 7) is 15.4. The molecule has 9 rings (SSSR count). The van der Waals surface area contributed by atoms with E-state index in [1.165, 1.54) is 44.5 Å². The summed E-state index contributed by atoms with van der Waals surface area (Å²) in [5.74, 6) is 2.03. The fourth-order valence-corrected chi connectivity index (χ4v) is 7.91. The molecule has 8 aromatic rings. The van der Waals surface area contributed by atoms with E-state index in [1.807, 2.05) is 0 Å². The van der Waals surface area contributed by atoms with Crippen molar-refractivity contribution in [2.24, 2.45) is 0 Å². The summed E-state index contributed by atoms with van der Waals surface area (Å²) in [6.07, 6.45) is 0. The molecule has 1 aliphatic carbocycles. The minimum atomic E-state index is 0.00642. The van der Waals surface area contributed by atoms with E-state index in [9.17, 15) is 0 Å². The van der Waals surface area contributed by atoms with Crippen molar-refractivity contribution in [1.82, 2.24) is 20.4 Å². The molecule has 1 unspecified atom stereocenters. The molecule has 56 heavy (non-hydrogen) atoms. The molecule has 0 fully saturated rings. The van der Waals surface area contributed by atoms with Crippen molar-refractivity contribution in [3.05, 3.63) is 167 Å². The third-order valence-corrected chi connectivity index (χ3v) is 11.1. The van der Waals surface area contributed by atoms with E-state index >= 15 is 0 Å². The van der Waals surface area contributed by atoms with E-state index in [0.717, 1.165) is 33.4 Å². The van der Waals surface area contributed by atoms with Gasteiger partial charge in [-0.05, 0) is 122 Å². The van der Waals surface area contributed by atoms with Gasteiger partial charge >= 0.3 is 0 Å². The second-order valence-corrected chi connectivity index (χ2v) is 16.9. The van der Waals surface area contributed by atoms with Gasteiger partial charge in [-0.2, -0.15) is 0 Å². The predicted molar refractivity (Wildman–Crippen MR) is 224 cm³/mol. The SMILES string of the molecule is Cc1cc(-c2nnc(-c3ccc(C(C)(C)C)cc3)o2)ccc1-c1ccccc1C1c2ccccc2-c2ccc(-c3nnc(-c4ccc(C(C)(C)C)cc4)o3)cc21. The lowest BCUT2D eigenvalue weighted by Gasteiger charge is -2.20. The predicted octanol–water partition coefficient (Wildman–Crippen LogP) is 12.9. The smallest absolute Gasteiger partial charge is 0.248 e. The van der Waals surface area contributed by atoms with Crippen LogP contribution >= 0.6 is 0 Å². The quantitative estimate of drug-likeness (QED) is 0.169. The molecule has 2 heterocycles. The molecular formula is C50H44N4O2. The van der Waals surface area contributed by atoms with E-state index in [0.29, 0.717) is 23.6 Å². The molecule has 2 aromatic heterocycles. The molecule has 6 nitrogen and oxygen atoms in total. The molecule has 0 saturated heterocycles. The number of hydrogen-bond donors (Lipinski definition) is 0. The molecule has 0 N–H and O–H groups in total. The molecule has 0 bridgehead atoms. The van der Waals surface area contributed by atoms with Crippen LogP contribution in [-0.2, 0) is 10.8 Å². The zero-order valence-electron chi connectivity index (χ0n) is 32.9. The number of hydrogen-bond acceptors (Lipinski definition) is 6. The average molecular weight is 733 g/mol. The summed E-state index contributed by atoms with van der Waals surface area (Å²) < 4.78 is 12.5. The van der Waals surface area contributed by atoms with E-state index in [4.69, 9.17) is 8.83 Å². The minimum Gasteiger partial charge on any atom is -0.416 e. The summed E-state index contributed by atoms with van der Waals surface area (Å²) in [7, 11) is 0. The Labute approximate surface area is 328 Å². The lowest BCUT2D eigenvalue weighted by molar-refractivity contribution is 0.582. The second kappa shape index (κ2) is 13.4. The van der Waals surface area contributed by atoms with Crippen LogP contribution in [0.2, 0.25) is 0 Å². The Morgan fingerprint density at radius 3 is 1.23 bits per heavy atom. The van der Waals surface area contributed by atoms with Gasteiger partial charge in [-0.1, -0.05) is 126 Å². The standard InChI is InChI=1S/C50H44N4O2/c1-30-28-33(47-53-51-45(55-47)31-16-22-35(23-17-31)49(2,3)4)20-26-37(30)38-12-8-10-14-41(38)44-42-15-11-9-13-39(42)40-27-21-34(29-43(40)44)48-54-52-46(56-48)32-18-24-36(25-19-32)50(5,6)7/h8-29,44H,1-7H3. The van der Waals surface area contributed by atoms with E-state index in [1.54, 1.807) is 0 Å². The number of aromatic nitrogens is 4. The maximum atomic E-state index is 6.32. The molecule has 0 amide bonds. The van der Waals surface area contributed by atoms with Gasteiger partial charge in [0.15, 0.2) is 0 Å². The van der Waals surface area contributed by atoms with E-state index in [-0.39, 0.29) is 16.7 Å². The highest BCUT2D eigenvalue weighted by atomic mass is 16.4. The topological polar surface area (TPSA) is 77.8 Å². The second-order valence-electron chi connectivity index (χ2n) is 16.9.